The summed E-state index contributed by atoms with van der Waals surface area (Å²) in [6, 6.07) is 0. The van der Waals surface area contributed by atoms with Crippen LogP contribution < -0.4 is 0 Å². The van der Waals surface area contributed by atoms with Crippen molar-refractivity contribution in [1.29, 1.82) is 0 Å². The fourth-order valence-corrected chi connectivity index (χ4v) is 1.27. The molecule has 0 aromatic rings. The van der Waals surface area contributed by atoms with Gasteiger partial charge in [0, 0.05) is 27.8 Å². The Morgan fingerprint density at radius 3 is 0.957 bits per heavy atom. The molecular formula is C15H28O7Ti. The summed E-state index contributed by atoms with van der Waals surface area (Å²) in [6.45, 7) is 9.39. The Hall–Kier alpha value is -1.05. The fraction of sp³-hybridized carbons (Fsp3) is 0.733. The van der Waals surface area contributed by atoms with Crippen molar-refractivity contribution in [3.63, 3.8) is 0 Å². The molecule has 0 radical (unpaired) electrons. The van der Waals surface area contributed by atoms with Gasteiger partial charge in [-0.15, -0.1) is 0 Å². The van der Waals surface area contributed by atoms with Gasteiger partial charge >= 0.3 is 11.9 Å². The van der Waals surface area contributed by atoms with E-state index in [0.717, 1.165) is 0 Å². The Bertz CT molecular complexity index is 304. The second-order valence-electron chi connectivity index (χ2n) is 4.91. The summed E-state index contributed by atoms with van der Waals surface area (Å²) in [4.78, 5) is 41.2. The van der Waals surface area contributed by atoms with Gasteiger partial charge in [0.15, 0.2) is 0 Å². The van der Waals surface area contributed by atoms with Crippen molar-refractivity contribution in [1.82, 2.24) is 0 Å². The van der Waals surface area contributed by atoms with Crippen LogP contribution in [0.25, 0.3) is 0 Å². The Balaban J connectivity index is -0.000000124. The number of aliphatic hydroxyl groups excluding tert-OH is 1. The van der Waals surface area contributed by atoms with E-state index < -0.39 is 23.8 Å². The van der Waals surface area contributed by atoms with Crippen molar-refractivity contribution >= 4 is 23.5 Å². The predicted octanol–water partition coefficient (Wildman–Crippen LogP) is 1.76. The normalized spacial score (nSPS) is 11.5. The van der Waals surface area contributed by atoms with Crippen LogP contribution >= 0.6 is 0 Å². The monoisotopic (exact) mass is 368 g/mol. The van der Waals surface area contributed by atoms with Crippen LogP contribution in [0.15, 0.2) is 0 Å². The van der Waals surface area contributed by atoms with Gasteiger partial charge < -0.3 is 15.3 Å². The number of rotatable bonds is 6. The first kappa shape index (κ1) is 29.9. The van der Waals surface area contributed by atoms with E-state index in [-0.39, 0.29) is 39.4 Å². The van der Waals surface area contributed by atoms with E-state index >= 15 is 0 Å². The second kappa shape index (κ2) is 17.3. The summed E-state index contributed by atoms with van der Waals surface area (Å²) in [7, 11) is 0. The number of Topliss-reactive ketones (excluding diaryl/α,β-unsaturated/α-hetero) is 2. The van der Waals surface area contributed by atoms with Gasteiger partial charge in [-0.1, -0.05) is 13.8 Å². The maximum atomic E-state index is 10.4. The second-order valence-corrected chi connectivity index (χ2v) is 4.91. The first-order valence-corrected chi connectivity index (χ1v) is 7.06. The molecule has 0 fully saturated rings. The van der Waals surface area contributed by atoms with Crippen LogP contribution in [-0.4, -0.2) is 44.9 Å². The van der Waals surface area contributed by atoms with E-state index in [2.05, 4.69) is 0 Å². The maximum Gasteiger partial charge on any atom is 0.314 e. The van der Waals surface area contributed by atoms with E-state index in [0.29, 0.717) is 12.8 Å². The minimum absolute atomic E-state index is 0. The third-order valence-corrected chi connectivity index (χ3v) is 2.39. The molecule has 8 heteroatoms. The topological polar surface area (TPSA) is 129 Å². The number of hydrogen-bond acceptors (Lipinski definition) is 5. The molecule has 2 unspecified atom stereocenters. The molecule has 0 saturated heterocycles. The van der Waals surface area contributed by atoms with Gasteiger partial charge in [0.25, 0.3) is 0 Å². The largest absolute Gasteiger partial charge is 0.481 e. The minimum Gasteiger partial charge on any atom is -0.481 e. The van der Waals surface area contributed by atoms with E-state index in [1.165, 1.54) is 13.8 Å². The quantitative estimate of drug-likeness (QED) is 0.481. The third kappa shape index (κ3) is 21.0. The third-order valence-electron chi connectivity index (χ3n) is 2.39. The molecule has 7 nitrogen and oxygen atoms in total. The van der Waals surface area contributed by atoms with Crippen LogP contribution in [0.2, 0.25) is 0 Å². The molecule has 0 saturated carbocycles. The van der Waals surface area contributed by atoms with Crippen LogP contribution in [0.3, 0.4) is 0 Å². The molecule has 0 aliphatic carbocycles. The smallest absolute Gasteiger partial charge is 0.314 e. The number of aliphatic carboxylic acids is 2. The molecule has 0 aromatic carbocycles. The standard InChI is InChI=1S/2C6H10O3.C3H8O.Ti/c2*1-3-5(4(2)7)6(8)9;1-3(2)4;/h2*5H,3H2,1-2H3,(H,8,9);3-4H,1-2H3;. The number of carboxylic acid groups (broad SMARTS) is 2. The van der Waals surface area contributed by atoms with Crippen LogP contribution in [0, 0.1) is 11.8 Å². The number of aliphatic hydroxyl groups is 1. The van der Waals surface area contributed by atoms with Gasteiger partial charge in [0.1, 0.15) is 23.4 Å². The molecule has 0 amide bonds. The van der Waals surface area contributed by atoms with E-state index in [4.69, 9.17) is 15.3 Å². The van der Waals surface area contributed by atoms with Crippen molar-refractivity contribution in [3.05, 3.63) is 0 Å². The van der Waals surface area contributed by atoms with E-state index in [1.807, 2.05) is 0 Å². The summed E-state index contributed by atoms with van der Waals surface area (Å²) in [5.74, 6) is -4.19. The number of carboxylic acids is 2. The van der Waals surface area contributed by atoms with Gasteiger partial charge in [-0.3, -0.25) is 19.2 Å². The molecule has 134 valence electrons. The number of hydrogen-bond donors (Lipinski definition) is 3. The number of carbonyl (C=O) groups excluding carboxylic acids is 2. The van der Waals surface area contributed by atoms with E-state index in [9.17, 15) is 19.2 Å². The summed E-state index contributed by atoms with van der Waals surface area (Å²) in [5.41, 5.74) is 0. The average molecular weight is 368 g/mol. The van der Waals surface area contributed by atoms with Crippen molar-refractivity contribution < 1.29 is 56.2 Å². The Kier molecular flexibility index (Phi) is 22.5. The molecule has 0 bridgehead atoms. The van der Waals surface area contributed by atoms with Gasteiger partial charge in [-0.2, -0.15) is 0 Å². The van der Waals surface area contributed by atoms with Crippen LogP contribution in [-0.2, 0) is 40.9 Å². The fourth-order valence-electron chi connectivity index (χ4n) is 1.27. The summed E-state index contributed by atoms with van der Waals surface area (Å²) in [5, 5.41) is 24.7. The summed E-state index contributed by atoms with van der Waals surface area (Å²) in [6.07, 6.45) is 0.593. The summed E-state index contributed by atoms with van der Waals surface area (Å²) < 4.78 is 0. The number of ketones is 2. The van der Waals surface area contributed by atoms with Gasteiger partial charge in [-0.25, -0.2) is 0 Å². The van der Waals surface area contributed by atoms with Crippen LogP contribution in [0.4, 0.5) is 0 Å². The average Bonchev–Trinajstić information content (AvgIpc) is 2.28. The molecule has 0 aliphatic heterocycles. The van der Waals surface area contributed by atoms with Crippen LogP contribution in [0.1, 0.15) is 54.4 Å². The molecule has 0 heterocycles. The molecule has 23 heavy (non-hydrogen) atoms. The maximum absolute atomic E-state index is 10.4. The van der Waals surface area contributed by atoms with Gasteiger partial charge in [0.05, 0.1) is 0 Å². The molecule has 0 spiro atoms. The van der Waals surface area contributed by atoms with E-state index in [1.54, 1.807) is 27.7 Å². The molecule has 0 aliphatic rings. The Morgan fingerprint density at radius 1 is 0.783 bits per heavy atom. The molecule has 0 aromatic heterocycles. The zero-order valence-electron chi connectivity index (χ0n) is 14.6. The zero-order chi connectivity index (χ0) is 18.5. The van der Waals surface area contributed by atoms with Crippen LogP contribution in [0.5, 0.6) is 0 Å². The predicted molar refractivity (Wildman–Crippen MR) is 81.6 cm³/mol. The molecular weight excluding hydrogens is 340 g/mol. The minimum atomic E-state index is -1.02. The van der Waals surface area contributed by atoms with Crippen molar-refractivity contribution in [2.75, 3.05) is 0 Å². The van der Waals surface area contributed by atoms with Crippen molar-refractivity contribution in [3.8, 4) is 0 Å². The molecule has 2 atom stereocenters. The van der Waals surface area contributed by atoms with Crippen molar-refractivity contribution in [2.24, 2.45) is 11.8 Å². The van der Waals surface area contributed by atoms with Crippen molar-refractivity contribution in [2.45, 2.75) is 60.5 Å². The molecule has 0 rings (SSSR count). The SMILES string of the molecule is CC(C)O.CCC(C(C)=O)C(=O)O.CCC(C(C)=O)C(=O)O.[Ti]. The Morgan fingerprint density at radius 2 is 0.957 bits per heavy atom. The first-order valence-electron chi connectivity index (χ1n) is 7.06. The Labute approximate surface area is 152 Å². The number of carbonyl (C=O) groups is 4. The summed E-state index contributed by atoms with van der Waals surface area (Å²) >= 11 is 0. The molecule has 3 N–H and O–H groups in total. The first-order chi connectivity index (χ1) is 9.91. The zero-order valence-corrected chi connectivity index (χ0v) is 16.2. The van der Waals surface area contributed by atoms with Gasteiger partial charge in [-0.05, 0) is 40.5 Å². The van der Waals surface area contributed by atoms with Gasteiger partial charge in [0.2, 0.25) is 0 Å².